The summed E-state index contributed by atoms with van der Waals surface area (Å²) in [6.45, 7) is 0.863. The average molecular weight is 284 g/mol. The monoisotopic (exact) mass is 284 g/mol. The Labute approximate surface area is 121 Å². The van der Waals surface area contributed by atoms with E-state index >= 15 is 0 Å². The molecule has 4 heteroatoms. The van der Waals surface area contributed by atoms with E-state index in [1.54, 1.807) is 6.20 Å². The minimum Gasteiger partial charge on any atom is -0.308 e. The van der Waals surface area contributed by atoms with Gasteiger partial charge in [-0.1, -0.05) is 18.2 Å². The molecular formula is C17H14F2N2. The fourth-order valence-electron chi connectivity index (χ4n) is 2.35. The maximum absolute atomic E-state index is 13.5. The Morgan fingerprint density at radius 2 is 1.81 bits per heavy atom. The summed E-state index contributed by atoms with van der Waals surface area (Å²) in [7, 11) is 0. The Kier molecular flexibility index (Phi) is 3.88. The van der Waals surface area contributed by atoms with Gasteiger partial charge in [0.25, 0.3) is 0 Å². The van der Waals surface area contributed by atoms with Crippen LogP contribution in [-0.4, -0.2) is 4.98 Å². The van der Waals surface area contributed by atoms with Gasteiger partial charge in [0.05, 0.1) is 0 Å². The summed E-state index contributed by atoms with van der Waals surface area (Å²) < 4.78 is 26.6. The molecular weight excluding hydrogens is 270 g/mol. The van der Waals surface area contributed by atoms with Crippen LogP contribution in [0.3, 0.4) is 0 Å². The van der Waals surface area contributed by atoms with Crippen molar-refractivity contribution in [3.63, 3.8) is 0 Å². The Hall–Kier alpha value is -2.33. The second kappa shape index (κ2) is 5.97. The van der Waals surface area contributed by atoms with Gasteiger partial charge in [0.15, 0.2) is 0 Å². The fourth-order valence-corrected chi connectivity index (χ4v) is 2.35. The van der Waals surface area contributed by atoms with E-state index in [4.69, 9.17) is 0 Å². The highest BCUT2D eigenvalue weighted by Crippen LogP contribution is 2.17. The van der Waals surface area contributed by atoms with Crippen LogP contribution in [0.25, 0.3) is 10.8 Å². The maximum Gasteiger partial charge on any atom is 0.127 e. The van der Waals surface area contributed by atoms with E-state index in [1.807, 2.05) is 30.5 Å². The number of nitrogens with zero attached hydrogens (tertiary/aromatic N) is 1. The van der Waals surface area contributed by atoms with E-state index in [0.29, 0.717) is 12.1 Å². The molecule has 0 atom stereocenters. The van der Waals surface area contributed by atoms with Crippen molar-refractivity contribution in [1.29, 1.82) is 0 Å². The molecule has 0 saturated heterocycles. The van der Waals surface area contributed by atoms with Gasteiger partial charge in [0.1, 0.15) is 11.6 Å². The smallest absolute Gasteiger partial charge is 0.127 e. The third-order valence-corrected chi connectivity index (χ3v) is 3.41. The largest absolute Gasteiger partial charge is 0.308 e. The summed E-state index contributed by atoms with van der Waals surface area (Å²) in [5.74, 6) is -0.824. The highest BCUT2D eigenvalue weighted by atomic mass is 19.1. The van der Waals surface area contributed by atoms with Crippen LogP contribution < -0.4 is 5.32 Å². The predicted molar refractivity (Wildman–Crippen MR) is 78.6 cm³/mol. The number of hydrogen-bond acceptors (Lipinski definition) is 2. The zero-order valence-corrected chi connectivity index (χ0v) is 11.3. The molecule has 106 valence electrons. The third kappa shape index (κ3) is 3.06. The molecule has 0 unspecified atom stereocenters. The van der Waals surface area contributed by atoms with E-state index < -0.39 is 11.6 Å². The summed E-state index contributed by atoms with van der Waals surface area (Å²) >= 11 is 0. The van der Waals surface area contributed by atoms with Crippen LogP contribution in [0.4, 0.5) is 8.78 Å². The lowest BCUT2D eigenvalue weighted by Gasteiger charge is -2.09. The number of nitrogens with one attached hydrogen (secondary N) is 1. The molecule has 0 aliphatic heterocycles. The van der Waals surface area contributed by atoms with Gasteiger partial charge >= 0.3 is 0 Å². The average Bonchev–Trinajstić information content (AvgIpc) is 2.51. The van der Waals surface area contributed by atoms with Gasteiger partial charge in [0, 0.05) is 36.4 Å². The number of pyridine rings is 1. The van der Waals surface area contributed by atoms with E-state index in [-0.39, 0.29) is 6.54 Å². The minimum absolute atomic E-state index is 0.283. The lowest BCUT2D eigenvalue weighted by molar-refractivity contribution is 0.569. The standard InChI is InChI=1S/C17H14F2N2/c18-15-4-5-17(19)14(8-15)11-21-10-13-3-1-2-12-9-20-7-6-16(12)13/h1-9,21H,10-11H2. The van der Waals surface area contributed by atoms with Crippen molar-refractivity contribution in [1.82, 2.24) is 10.3 Å². The van der Waals surface area contributed by atoms with E-state index in [0.717, 1.165) is 28.5 Å². The van der Waals surface area contributed by atoms with Crippen molar-refractivity contribution >= 4 is 10.8 Å². The lowest BCUT2D eigenvalue weighted by Crippen LogP contribution is -2.14. The normalized spacial score (nSPS) is 11.0. The Balaban J connectivity index is 1.74. The predicted octanol–water partition coefficient (Wildman–Crippen LogP) is 3.80. The molecule has 1 aromatic heterocycles. The molecule has 0 amide bonds. The molecule has 1 N–H and O–H groups in total. The summed E-state index contributed by atoms with van der Waals surface area (Å²) in [4.78, 5) is 4.09. The molecule has 3 rings (SSSR count). The first-order valence-corrected chi connectivity index (χ1v) is 6.70. The molecule has 0 bridgehead atoms. The number of aromatic nitrogens is 1. The highest BCUT2D eigenvalue weighted by Gasteiger charge is 2.04. The van der Waals surface area contributed by atoms with Crippen molar-refractivity contribution in [3.8, 4) is 0 Å². The summed E-state index contributed by atoms with van der Waals surface area (Å²) in [5, 5.41) is 5.33. The third-order valence-electron chi connectivity index (χ3n) is 3.41. The molecule has 2 nitrogen and oxygen atoms in total. The van der Waals surface area contributed by atoms with Crippen LogP contribution in [0.2, 0.25) is 0 Å². The van der Waals surface area contributed by atoms with Gasteiger partial charge in [-0.05, 0) is 35.2 Å². The van der Waals surface area contributed by atoms with Crippen LogP contribution in [0.1, 0.15) is 11.1 Å². The number of rotatable bonds is 4. The summed E-state index contributed by atoms with van der Waals surface area (Å²) in [6, 6.07) is 11.4. The van der Waals surface area contributed by atoms with Crippen molar-refractivity contribution in [2.24, 2.45) is 0 Å². The van der Waals surface area contributed by atoms with Crippen LogP contribution in [-0.2, 0) is 13.1 Å². The molecule has 2 aromatic carbocycles. The number of fused-ring (bicyclic) bond motifs is 1. The van der Waals surface area contributed by atoms with Gasteiger partial charge in [-0.15, -0.1) is 0 Å². The zero-order chi connectivity index (χ0) is 14.7. The molecule has 0 fully saturated rings. The Bertz CT molecular complexity index is 766. The first-order chi connectivity index (χ1) is 10.2. The highest BCUT2D eigenvalue weighted by molar-refractivity contribution is 5.84. The quantitative estimate of drug-likeness (QED) is 0.788. The van der Waals surface area contributed by atoms with Gasteiger partial charge in [-0.25, -0.2) is 8.78 Å². The van der Waals surface area contributed by atoms with Crippen LogP contribution in [0.5, 0.6) is 0 Å². The summed E-state index contributed by atoms with van der Waals surface area (Å²) in [5.41, 5.74) is 1.43. The fraction of sp³-hybridized carbons (Fsp3) is 0.118. The lowest BCUT2D eigenvalue weighted by atomic mass is 10.1. The Morgan fingerprint density at radius 1 is 0.952 bits per heavy atom. The van der Waals surface area contributed by atoms with E-state index in [1.165, 1.54) is 6.07 Å². The molecule has 3 aromatic rings. The van der Waals surface area contributed by atoms with Crippen molar-refractivity contribution in [2.75, 3.05) is 0 Å². The molecule has 0 spiro atoms. The molecule has 0 aliphatic carbocycles. The van der Waals surface area contributed by atoms with Gasteiger partial charge in [-0.2, -0.15) is 0 Å². The van der Waals surface area contributed by atoms with Gasteiger partial charge < -0.3 is 5.32 Å². The van der Waals surface area contributed by atoms with Crippen LogP contribution in [0.15, 0.2) is 54.9 Å². The SMILES string of the molecule is Fc1ccc(F)c(CNCc2cccc3cnccc23)c1. The van der Waals surface area contributed by atoms with Crippen molar-refractivity contribution in [2.45, 2.75) is 13.1 Å². The number of hydrogen-bond donors (Lipinski definition) is 1. The molecule has 0 radical (unpaired) electrons. The first-order valence-electron chi connectivity index (χ1n) is 6.70. The second-order valence-corrected chi connectivity index (χ2v) is 4.85. The first kappa shape index (κ1) is 13.6. The molecule has 0 saturated carbocycles. The molecule has 1 heterocycles. The molecule has 0 aliphatic rings. The zero-order valence-electron chi connectivity index (χ0n) is 11.3. The molecule has 21 heavy (non-hydrogen) atoms. The van der Waals surface area contributed by atoms with Crippen LogP contribution >= 0.6 is 0 Å². The van der Waals surface area contributed by atoms with Crippen LogP contribution in [0, 0.1) is 11.6 Å². The van der Waals surface area contributed by atoms with Crippen molar-refractivity contribution < 1.29 is 8.78 Å². The number of halogens is 2. The van der Waals surface area contributed by atoms with Gasteiger partial charge in [0.2, 0.25) is 0 Å². The topological polar surface area (TPSA) is 24.9 Å². The summed E-state index contributed by atoms with van der Waals surface area (Å²) in [6.07, 6.45) is 3.56. The van der Waals surface area contributed by atoms with Crippen molar-refractivity contribution in [3.05, 3.63) is 77.6 Å². The maximum atomic E-state index is 13.5. The van der Waals surface area contributed by atoms with E-state index in [2.05, 4.69) is 10.3 Å². The minimum atomic E-state index is -0.426. The number of benzene rings is 2. The Morgan fingerprint density at radius 3 is 2.71 bits per heavy atom. The van der Waals surface area contributed by atoms with Gasteiger partial charge in [-0.3, -0.25) is 4.98 Å². The second-order valence-electron chi connectivity index (χ2n) is 4.85. The van der Waals surface area contributed by atoms with E-state index in [9.17, 15) is 8.78 Å².